The summed E-state index contributed by atoms with van der Waals surface area (Å²) < 4.78 is 30.6. The van der Waals surface area contributed by atoms with E-state index >= 15 is 4.79 Å². The van der Waals surface area contributed by atoms with Crippen LogP contribution >= 0.6 is 0 Å². The highest BCUT2D eigenvalue weighted by Gasteiger charge is 2.78. The van der Waals surface area contributed by atoms with Gasteiger partial charge in [0.05, 0.1) is 35.6 Å². The van der Waals surface area contributed by atoms with Gasteiger partial charge in [-0.15, -0.1) is 0 Å². The predicted molar refractivity (Wildman–Crippen MR) is 220 cm³/mol. The highest BCUT2D eigenvalue weighted by atomic mass is 16.6. The van der Waals surface area contributed by atoms with Gasteiger partial charge in [0.15, 0.2) is 23.1 Å². The average molecular weight is 866 g/mol. The van der Waals surface area contributed by atoms with Gasteiger partial charge in [0.1, 0.15) is 23.9 Å². The highest BCUT2D eigenvalue weighted by Crippen LogP contribution is 2.64. The zero-order valence-corrected chi connectivity index (χ0v) is 35.8. The van der Waals surface area contributed by atoms with Crippen LogP contribution in [-0.4, -0.2) is 105 Å². The van der Waals surface area contributed by atoms with E-state index in [1.54, 1.807) is 93.6 Å². The second-order valence-corrected chi connectivity index (χ2v) is 18.2. The zero-order valence-electron chi connectivity index (χ0n) is 35.8. The van der Waals surface area contributed by atoms with Crippen molar-refractivity contribution in [2.45, 2.75) is 114 Å². The Morgan fingerprint density at radius 2 is 1.43 bits per heavy atom. The van der Waals surface area contributed by atoms with Crippen LogP contribution in [0, 0.1) is 16.7 Å². The maximum Gasteiger partial charge on any atom is 0.341 e. The molecule has 0 aromatic heterocycles. The molecule has 332 valence electrons. The minimum Gasteiger partial charge on any atom is -0.456 e. The van der Waals surface area contributed by atoms with Crippen LogP contribution in [0.25, 0.3) is 0 Å². The van der Waals surface area contributed by atoms with Crippen LogP contribution in [0.1, 0.15) is 92.3 Å². The third-order valence-electron chi connectivity index (χ3n) is 14.4. The summed E-state index contributed by atoms with van der Waals surface area (Å²) in [6.07, 6.45) is -8.74. The van der Waals surface area contributed by atoms with E-state index < -0.39 is 112 Å². The molecule has 2 bridgehead atoms. The van der Waals surface area contributed by atoms with Crippen molar-refractivity contribution in [2.24, 2.45) is 16.7 Å². The van der Waals surface area contributed by atoms with Crippen molar-refractivity contribution in [2.75, 3.05) is 6.61 Å². The minimum absolute atomic E-state index is 0.00559. The number of nitrogens with one attached hydrogen (secondary N) is 1. The van der Waals surface area contributed by atoms with Crippen molar-refractivity contribution in [1.29, 1.82) is 0 Å². The summed E-state index contributed by atoms with van der Waals surface area (Å²) in [6.45, 7) is 8.04. The second kappa shape index (κ2) is 15.5. The molecule has 1 saturated heterocycles. The SMILES string of the molecule is CC(=O)O[C@H]1C(=O)[C@@]2(C)[C@H]([C@H](OC(=O)c3ccccc3)[C@]3(O)CC(OC(=O)[C@]4(O)Cc5ccccc5[C@@H]4NC(=O)c4ccccc4)C(C)=C1C3(C)C)[C@]1(OC(C)=O)CO[C@@H]1C[C@@H]2O. The molecular formula is C48H51NO14. The Balaban J connectivity index is 1.29. The van der Waals surface area contributed by atoms with Crippen LogP contribution in [0.3, 0.4) is 0 Å². The number of carbonyl (C=O) groups excluding carboxylic acids is 6. The molecule has 4 N–H and O–H groups in total. The fourth-order valence-electron chi connectivity index (χ4n) is 11.1. The molecule has 3 aromatic carbocycles. The van der Waals surface area contributed by atoms with Gasteiger partial charge in [-0.25, -0.2) is 9.59 Å². The lowest BCUT2D eigenvalue weighted by molar-refractivity contribution is -0.346. The summed E-state index contributed by atoms with van der Waals surface area (Å²) in [4.78, 5) is 84.3. The van der Waals surface area contributed by atoms with Gasteiger partial charge in [0, 0.05) is 44.1 Å². The van der Waals surface area contributed by atoms with E-state index in [0.29, 0.717) is 11.1 Å². The lowest BCUT2D eigenvalue weighted by atomic mass is 9.44. The molecule has 1 amide bonds. The smallest absolute Gasteiger partial charge is 0.341 e. The summed E-state index contributed by atoms with van der Waals surface area (Å²) in [7, 11) is 0. The second-order valence-electron chi connectivity index (χ2n) is 18.2. The van der Waals surface area contributed by atoms with Gasteiger partial charge < -0.3 is 44.3 Å². The number of ether oxygens (including phenoxy) is 5. The Morgan fingerprint density at radius 3 is 2.03 bits per heavy atom. The normalized spacial score (nSPS) is 34.9. The van der Waals surface area contributed by atoms with E-state index in [4.69, 9.17) is 23.7 Å². The number of Topliss-reactive ketones (excluding diaryl/α,β-unsaturated/α-hetero) is 1. The summed E-state index contributed by atoms with van der Waals surface area (Å²) in [5, 5.41) is 41.2. The first-order valence-corrected chi connectivity index (χ1v) is 21.0. The molecule has 1 aliphatic heterocycles. The number of benzene rings is 3. The first-order valence-electron chi connectivity index (χ1n) is 21.0. The summed E-state index contributed by atoms with van der Waals surface area (Å²) in [5.41, 5.74) is -8.71. The van der Waals surface area contributed by atoms with Gasteiger partial charge in [-0.3, -0.25) is 19.2 Å². The molecule has 1 unspecified atom stereocenters. The number of aliphatic hydroxyl groups excluding tert-OH is 1. The maximum absolute atomic E-state index is 15.6. The van der Waals surface area contributed by atoms with Crippen molar-refractivity contribution < 1.29 is 67.8 Å². The molecule has 15 nitrogen and oxygen atoms in total. The Kier molecular flexibility index (Phi) is 10.8. The van der Waals surface area contributed by atoms with E-state index in [9.17, 15) is 39.3 Å². The lowest BCUT2D eigenvalue weighted by Crippen LogP contribution is -2.82. The zero-order chi connectivity index (χ0) is 45.4. The van der Waals surface area contributed by atoms with Crippen molar-refractivity contribution in [3.05, 3.63) is 118 Å². The predicted octanol–water partition coefficient (Wildman–Crippen LogP) is 3.66. The number of ketones is 1. The van der Waals surface area contributed by atoms with Gasteiger partial charge in [0.25, 0.3) is 5.91 Å². The number of fused-ring (bicyclic) bond motifs is 6. The van der Waals surface area contributed by atoms with E-state index in [2.05, 4.69) is 5.32 Å². The van der Waals surface area contributed by atoms with Crippen molar-refractivity contribution in [1.82, 2.24) is 5.32 Å². The van der Waals surface area contributed by atoms with Crippen molar-refractivity contribution in [3.63, 3.8) is 0 Å². The molecule has 3 fully saturated rings. The Bertz CT molecular complexity index is 2420. The van der Waals surface area contributed by atoms with Crippen molar-refractivity contribution >= 4 is 35.6 Å². The molecule has 8 rings (SSSR count). The molecule has 0 spiro atoms. The Labute approximate surface area is 363 Å². The maximum atomic E-state index is 15.6. The number of carbonyl (C=O) groups is 6. The van der Waals surface area contributed by atoms with Crippen LogP contribution in [0.15, 0.2) is 96.1 Å². The van der Waals surface area contributed by atoms with Gasteiger partial charge in [-0.1, -0.05) is 74.5 Å². The van der Waals surface area contributed by atoms with Gasteiger partial charge in [-0.2, -0.15) is 0 Å². The van der Waals surface area contributed by atoms with Gasteiger partial charge in [0.2, 0.25) is 0 Å². The number of hydrogen-bond donors (Lipinski definition) is 4. The number of rotatable bonds is 8. The molecule has 1 heterocycles. The highest BCUT2D eigenvalue weighted by molar-refractivity contribution is 5.97. The fourth-order valence-corrected chi connectivity index (χ4v) is 11.1. The molecule has 4 aliphatic carbocycles. The molecular weight excluding hydrogens is 815 g/mol. The van der Waals surface area contributed by atoms with Crippen LogP contribution in [0.2, 0.25) is 0 Å². The van der Waals surface area contributed by atoms with Gasteiger partial charge >= 0.3 is 23.9 Å². The molecule has 2 saturated carbocycles. The van der Waals surface area contributed by atoms with Crippen LogP contribution in [-0.2, 0) is 49.3 Å². The summed E-state index contributed by atoms with van der Waals surface area (Å²) in [6, 6.07) is 21.7. The van der Waals surface area contributed by atoms with Crippen LogP contribution in [0.5, 0.6) is 0 Å². The number of esters is 4. The number of amides is 1. The van der Waals surface area contributed by atoms with Gasteiger partial charge in [-0.05, 0) is 60.4 Å². The molecule has 15 heteroatoms. The van der Waals surface area contributed by atoms with Crippen LogP contribution in [0.4, 0.5) is 0 Å². The quantitative estimate of drug-likeness (QED) is 0.144. The van der Waals surface area contributed by atoms with E-state index in [0.717, 1.165) is 13.8 Å². The lowest BCUT2D eigenvalue weighted by Gasteiger charge is -2.67. The Hall–Kier alpha value is -5.74. The van der Waals surface area contributed by atoms with Crippen molar-refractivity contribution in [3.8, 4) is 0 Å². The monoisotopic (exact) mass is 865 g/mol. The third-order valence-corrected chi connectivity index (χ3v) is 14.4. The molecule has 11 atom stereocenters. The average Bonchev–Trinajstić information content (AvgIpc) is 3.53. The Morgan fingerprint density at radius 1 is 0.810 bits per heavy atom. The first kappa shape index (κ1) is 43.9. The fraction of sp³-hybridized carbons (Fsp3) is 0.458. The summed E-state index contributed by atoms with van der Waals surface area (Å²) >= 11 is 0. The van der Waals surface area contributed by atoms with E-state index in [-0.39, 0.29) is 41.7 Å². The standard InChI is InChI=1S/C48H51NO14/c1-25-32(61-43(56)46(57)22-30-19-13-14-20-31(30)38(46)49-41(54)28-15-9-7-10-16-28)23-48(58)40(62-42(55)29-17-11-8-12-18-29)37-45(6,33(52)21-34-47(37,24-59-34)63-27(3)51)39(53)36(60-26(2)50)35(25)44(48,4)5/h7-20,32-34,36-38,40,52,57-58H,21-24H2,1-6H3,(H,49,54)/t32?,33-,34+,36+,37-,38-,40-,45+,46-,47-,48+/m0/s1. The summed E-state index contributed by atoms with van der Waals surface area (Å²) in [5.74, 6) is -6.75. The molecule has 5 aliphatic rings. The number of hydrogen-bond acceptors (Lipinski definition) is 14. The van der Waals surface area contributed by atoms with E-state index in [1.807, 2.05) is 0 Å². The minimum atomic E-state index is -2.40. The van der Waals surface area contributed by atoms with E-state index in [1.165, 1.54) is 19.1 Å². The molecule has 3 aromatic rings. The largest absolute Gasteiger partial charge is 0.456 e. The number of aliphatic hydroxyl groups is 3. The third kappa shape index (κ3) is 6.70. The first-order chi connectivity index (χ1) is 29.7. The molecule has 0 radical (unpaired) electrons. The molecule has 63 heavy (non-hydrogen) atoms. The van der Waals surface area contributed by atoms with Crippen LogP contribution < -0.4 is 5.32 Å². The topological polar surface area (TPSA) is 221 Å².